The number of nitrogens with one attached hydrogen (secondary N) is 1. The largest absolute Gasteiger partial charge is 0.508 e. The van der Waals surface area contributed by atoms with E-state index < -0.39 is 0 Å². The van der Waals surface area contributed by atoms with Gasteiger partial charge in [0.2, 0.25) is 0 Å². The van der Waals surface area contributed by atoms with E-state index in [1.807, 2.05) is 45.4 Å². The zero-order valence-corrected chi connectivity index (χ0v) is 19.3. The van der Waals surface area contributed by atoms with Gasteiger partial charge in [-0.15, -0.1) is 0 Å². The summed E-state index contributed by atoms with van der Waals surface area (Å²) in [5.41, 5.74) is 5.93. The molecule has 0 unspecified atom stereocenters. The molecule has 168 valence electrons. The van der Waals surface area contributed by atoms with E-state index in [0.717, 1.165) is 42.8 Å². The summed E-state index contributed by atoms with van der Waals surface area (Å²) in [6.45, 7) is 2.49. The number of hydrogen-bond acceptors (Lipinski definition) is 4. The van der Waals surface area contributed by atoms with E-state index >= 15 is 0 Å². The van der Waals surface area contributed by atoms with Gasteiger partial charge in [-0.3, -0.25) is 0 Å². The summed E-state index contributed by atoms with van der Waals surface area (Å²) >= 11 is 0. The highest BCUT2D eigenvalue weighted by atomic mass is 16.5. The third-order valence-electron chi connectivity index (χ3n) is 5.38. The lowest BCUT2D eigenvalue weighted by atomic mass is 9.87. The van der Waals surface area contributed by atoms with Crippen molar-refractivity contribution in [1.29, 1.82) is 0 Å². The topological polar surface area (TPSA) is 44.7 Å². The molecule has 0 heterocycles. The molecule has 3 rings (SSSR count). The Labute approximate surface area is 192 Å². The van der Waals surface area contributed by atoms with Crippen molar-refractivity contribution in [3.05, 3.63) is 95.6 Å². The third-order valence-corrected chi connectivity index (χ3v) is 5.38. The predicted octanol–water partition coefficient (Wildman–Crippen LogP) is 5.29. The number of allylic oxidation sites excluding steroid dienone is 1. The lowest BCUT2D eigenvalue weighted by molar-refractivity contribution is 0.261. The van der Waals surface area contributed by atoms with E-state index in [-0.39, 0.29) is 5.75 Å². The molecule has 0 atom stereocenters. The molecule has 4 heteroatoms. The van der Waals surface area contributed by atoms with Crippen molar-refractivity contribution >= 4 is 11.1 Å². The standard InChI is InChI=1S/C28H34N2O2/c1-29-19-7-10-27(22-8-5-4-6-9-22)28(23-11-15-25(31)16-12-23)24-13-17-26(18-14-24)32-21-20-30(2)3/h4-6,8-9,11-18,29,31H,7,10,19-21H2,1-3H3/b28-27-. The summed E-state index contributed by atoms with van der Waals surface area (Å²) in [7, 11) is 6.07. The zero-order chi connectivity index (χ0) is 22.8. The normalized spacial score (nSPS) is 12.0. The van der Waals surface area contributed by atoms with Crippen LogP contribution < -0.4 is 10.1 Å². The molecule has 2 N–H and O–H groups in total. The summed E-state index contributed by atoms with van der Waals surface area (Å²) in [5, 5.41) is 13.1. The Morgan fingerprint density at radius 3 is 2.06 bits per heavy atom. The Hall–Kier alpha value is -3.08. The fraction of sp³-hybridized carbons (Fsp3) is 0.286. The summed E-state index contributed by atoms with van der Waals surface area (Å²) in [6.07, 6.45) is 1.98. The first kappa shape index (κ1) is 23.6. The highest BCUT2D eigenvalue weighted by Crippen LogP contribution is 2.36. The first-order valence-electron chi connectivity index (χ1n) is 11.2. The molecule has 32 heavy (non-hydrogen) atoms. The summed E-state index contributed by atoms with van der Waals surface area (Å²) in [4.78, 5) is 2.11. The van der Waals surface area contributed by atoms with Crippen LogP contribution in [0.25, 0.3) is 11.1 Å². The lowest BCUT2D eigenvalue weighted by Crippen LogP contribution is -2.19. The van der Waals surface area contributed by atoms with Crippen molar-refractivity contribution in [3.63, 3.8) is 0 Å². The second-order valence-electron chi connectivity index (χ2n) is 8.15. The van der Waals surface area contributed by atoms with Gasteiger partial charge in [-0.25, -0.2) is 0 Å². The van der Waals surface area contributed by atoms with Crippen LogP contribution in [0.2, 0.25) is 0 Å². The molecule has 0 fully saturated rings. The van der Waals surface area contributed by atoms with E-state index in [0.29, 0.717) is 6.61 Å². The van der Waals surface area contributed by atoms with Gasteiger partial charge in [-0.1, -0.05) is 54.6 Å². The number of nitrogens with zero attached hydrogens (tertiary/aromatic N) is 1. The first-order chi connectivity index (χ1) is 15.6. The van der Waals surface area contributed by atoms with Crippen molar-refractivity contribution < 1.29 is 9.84 Å². The van der Waals surface area contributed by atoms with Crippen molar-refractivity contribution in [2.75, 3.05) is 40.8 Å². The molecule has 0 bridgehead atoms. The molecule has 3 aromatic carbocycles. The fourth-order valence-electron chi connectivity index (χ4n) is 3.70. The van der Waals surface area contributed by atoms with Crippen LogP contribution in [0.1, 0.15) is 29.5 Å². The number of benzene rings is 3. The number of phenolic OH excluding ortho intramolecular Hbond substituents is 1. The minimum absolute atomic E-state index is 0.272. The van der Waals surface area contributed by atoms with Crippen molar-refractivity contribution in [2.45, 2.75) is 12.8 Å². The van der Waals surface area contributed by atoms with Crippen molar-refractivity contribution in [3.8, 4) is 11.5 Å². The molecule has 0 spiro atoms. The number of likely N-dealkylation sites (N-methyl/N-ethyl adjacent to an activating group) is 1. The fourth-order valence-corrected chi connectivity index (χ4v) is 3.70. The molecule has 0 aromatic heterocycles. The summed E-state index contributed by atoms with van der Waals surface area (Å²) in [6, 6.07) is 26.4. The summed E-state index contributed by atoms with van der Waals surface area (Å²) in [5.74, 6) is 1.14. The average molecular weight is 431 g/mol. The van der Waals surface area contributed by atoms with Crippen LogP contribution >= 0.6 is 0 Å². The Balaban J connectivity index is 2.04. The molecule has 4 nitrogen and oxygen atoms in total. The SMILES string of the molecule is CNCCC/C(=C(\c1ccc(O)cc1)c1ccc(OCCN(C)C)cc1)c1ccccc1. The van der Waals surface area contributed by atoms with Crippen LogP contribution in [0.15, 0.2) is 78.9 Å². The van der Waals surface area contributed by atoms with E-state index in [4.69, 9.17) is 4.74 Å². The number of phenols is 1. The maximum Gasteiger partial charge on any atom is 0.119 e. The minimum atomic E-state index is 0.272. The predicted molar refractivity (Wildman–Crippen MR) is 134 cm³/mol. The Morgan fingerprint density at radius 1 is 0.844 bits per heavy atom. The molecule has 0 aliphatic heterocycles. The van der Waals surface area contributed by atoms with Crippen LogP contribution in [0.5, 0.6) is 11.5 Å². The molecular formula is C28H34N2O2. The zero-order valence-electron chi connectivity index (χ0n) is 19.3. The molecule has 0 saturated carbocycles. The second kappa shape index (κ2) is 12.1. The maximum atomic E-state index is 9.85. The molecule has 0 aliphatic rings. The number of rotatable bonds is 11. The Bertz CT molecular complexity index is 978. The maximum absolute atomic E-state index is 9.85. The number of aromatic hydroxyl groups is 1. The Morgan fingerprint density at radius 2 is 1.47 bits per heavy atom. The van der Waals surface area contributed by atoms with Gasteiger partial charge in [0.1, 0.15) is 18.1 Å². The number of ether oxygens (including phenoxy) is 1. The molecule has 0 saturated heterocycles. The monoisotopic (exact) mass is 430 g/mol. The van der Waals surface area contributed by atoms with Gasteiger partial charge in [0.15, 0.2) is 0 Å². The first-order valence-corrected chi connectivity index (χ1v) is 11.2. The Kier molecular flexibility index (Phi) is 8.90. The van der Waals surface area contributed by atoms with Crippen LogP contribution in [0.3, 0.4) is 0 Å². The third kappa shape index (κ3) is 6.71. The van der Waals surface area contributed by atoms with Gasteiger partial charge in [0, 0.05) is 6.54 Å². The van der Waals surface area contributed by atoms with E-state index in [1.165, 1.54) is 16.7 Å². The van der Waals surface area contributed by atoms with Gasteiger partial charge < -0.3 is 20.1 Å². The van der Waals surface area contributed by atoms with Crippen LogP contribution in [0, 0.1) is 0 Å². The van der Waals surface area contributed by atoms with Crippen LogP contribution in [0.4, 0.5) is 0 Å². The average Bonchev–Trinajstić information content (AvgIpc) is 2.81. The molecule has 0 radical (unpaired) electrons. The van der Waals surface area contributed by atoms with Crippen LogP contribution in [-0.2, 0) is 0 Å². The highest BCUT2D eigenvalue weighted by molar-refractivity contribution is 5.98. The minimum Gasteiger partial charge on any atom is -0.508 e. The van der Waals surface area contributed by atoms with E-state index in [1.54, 1.807) is 12.1 Å². The van der Waals surface area contributed by atoms with Gasteiger partial charge >= 0.3 is 0 Å². The highest BCUT2D eigenvalue weighted by Gasteiger charge is 2.14. The molecular weight excluding hydrogens is 396 g/mol. The summed E-state index contributed by atoms with van der Waals surface area (Å²) < 4.78 is 5.90. The molecule has 0 aliphatic carbocycles. The van der Waals surface area contributed by atoms with Gasteiger partial charge in [0.25, 0.3) is 0 Å². The van der Waals surface area contributed by atoms with Gasteiger partial charge in [-0.05, 0) is 92.6 Å². The van der Waals surface area contributed by atoms with Gasteiger partial charge in [-0.2, -0.15) is 0 Å². The molecule has 0 amide bonds. The van der Waals surface area contributed by atoms with Crippen molar-refractivity contribution in [2.24, 2.45) is 0 Å². The second-order valence-corrected chi connectivity index (χ2v) is 8.15. The van der Waals surface area contributed by atoms with Crippen LogP contribution in [-0.4, -0.2) is 50.8 Å². The number of hydrogen-bond donors (Lipinski definition) is 2. The van der Waals surface area contributed by atoms with Crippen molar-refractivity contribution in [1.82, 2.24) is 10.2 Å². The molecule has 3 aromatic rings. The smallest absolute Gasteiger partial charge is 0.119 e. The van der Waals surface area contributed by atoms with E-state index in [2.05, 4.69) is 52.7 Å². The van der Waals surface area contributed by atoms with Gasteiger partial charge in [0.05, 0.1) is 0 Å². The quantitative estimate of drug-likeness (QED) is 0.320. The lowest BCUT2D eigenvalue weighted by Gasteiger charge is -2.18. The van der Waals surface area contributed by atoms with E-state index in [9.17, 15) is 5.11 Å².